The molecule has 1 heterocycles. The summed E-state index contributed by atoms with van der Waals surface area (Å²) >= 11 is 0.982. The molecule has 0 atom stereocenters. The number of ether oxygens (including phenoxy) is 1. The van der Waals surface area contributed by atoms with E-state index in [1.807, 2.05) is 24.3 Å². The number of aliphatic carboxylic acids is 1. The molecule has 2 rings (SSSR count). The zero-order valence-electron chi connectivity index (χ0n) is 11.8. The maximum Gasteiger partial charge on any atom is 0.314 e. The Morgan fingerprint density at radius 3 is 2.95 bits per heavy atom. The van der Waals surface area contributed by atoms with Crippen LogP contribution < -0.4 is 4.74 Å². The number of aromatic nitrogens is 2. The molecule has 1 N–H and O–H groups in total. The normalized spacial score (nSPS) is 10.8. The highest BCUT2D eigenvalue weighted by atomic mass is 32.2. The summed E-state index contributed by atoms with van der Waals surface area (Å²) in [6, 6.07) is 7.82. The van der Waals surface area contributed by atoms with E-state index in [1.54, 1.807) is 0 Å². The van der Waals surface area contributed by atoms with Crippen LogP contribution in [0, 0.1) is 0 Å². The Labute approximate surface area is 126 Å². The van der Waals surface area contributed by atoms with E-state index in [0.29, 0.717) is 11.8 Å². The summed E-state index contributed by atoms with van der Waals surface area (Å²) in [6.45, 7) is 4.38. The summed E-state index contributed by atoms with van der Waals surface area (Å²) in [6.07, 6.45) is 0. The lowest BCUT2D eigenvalue weighted by Crippen LogP contribution is -1.97. The van der Waals surface area contributed by atoms with Gasteiger partial charge in [0.25, 0.3) is 11.1 Å². The first kappa shape index (κ1) is 15.4. The number of carboxylic acids is 1. The summed E-state index contributed by atoms with van der Waals surface area (Å²) in [5.74, 6) is 0.438. The van der Waals surface area contributed by atoms with Gasteiger partial charge in [-0.05, 0) is 23.6 Å². The van der Waals surface area contributed by atoms with E-state index in [-0.39, 0.29) is 17.6 Å². The molecular weight excluding hydrogens is 292 g/mol. The SMILES string of the molecule is CC(C)c1cccc(OCc2nnc(SCC(=O)O)o2)c1. The predicted molar refractivity (Wildman–Crippen MR) is 77.5 cm³/mol. The number of nitrogens with zero attached hydrogens (tertiary/aromatic N) is 2. The summed E-state index contributed by atoms with van der Waals surface area (Å²) in [4.78, 5) is 10.4. The smallest absolute Gasteiger partial charge is 0.314 e. The van der Waals surface area contributed by atoms with Gasteiger partial charge in [0.15, 0.2) is 6.61 Å². The molecule has 0 aliphatic rings. The number of benzene rings is 1. The third-order valence-corrected chi connectivity index (χ3v) is 3.46. The Balaban J connectivity index is 1.91. The fourth-order valence-electron chi connectivity index (χ4n) is 1.59. The van der Waals surface area contributed by atoms with Gasteiger partial charge in [-0.2, -0.15) is 0 Å². The minimum absolute atomic E-state index is 0.112. The summed E-state index contributed by atoms with van der Waals surface area (Å²) in [5, 5.41) is 16.4. The number of hydrogen-bond donors (Lipinski definition) is 1. The van der Waals surface area contributed by atoms with Crippen molar-refractivity contribution in [3.8, 4) is 5.75 Å². The van der Waals surface area contributed by atoms with Crippen LogP contribution in [0.1, 0.15) is 31.2 Å². The zero-order valence-corrected chi connectivity index (χ0v) is 12.6. The summed E-state index contributed by atoms with van der Waals surface area (Å²) < 4.78 is 10.9. The van der Waals surface area contributed by atoms with Crippen molar-refractivity contribution in [2.45, 2.75) is 31.6 Å². The second-order valence-electron chi connectivity index (χ2n) is 4.66. The highest BCUT2D eigenvalue weighted by Gasteiger charge is 2.09. The molecule has 0 fully saturated rings. The van der Waals surface area contributed by atoms with Gasteiger partial charge in [0, 0.05) is 0 Å². The van der Waals surface area contributed by atoms with E-state index < -0.39 is 5.97 Å². The first-order chi connectivity index (χ1) is 10.0. The topological polar surface area (TPSA) is 85.5 Å². The Morgan fingerprint density at radius 2 is 2.24 bits per heavy atom. The molecule has 0 radical (unpaired) electrons. The van der Waals surface area contributed by atoms with Gasteiger partial charge in [-0.1, -0.05) is 37.7 Å². The molecule has 0 saturated heterocycles. The molecule has 0 aliphatic carbocycles. The average Bonchev–Trinajstić information content (AvgIpc) is 2.91. The van der Waals surface area contributed by atoms with Crippen molar-refractivity contribution >= 4 is 17.7 Å². The molecule has 21 heavy (non-hydrogen) atoms. The highest BCUT2D eigenvalue weighted by molar-refractivity contribution is 7.99. The third kappa shape index (κ3) is 4.78. The standard InChI is InChI=1S/C14H16N2O4S/c1-9(2)10-4-3-5-11(6-10)19-7-12-15-16-14(20-12)21-8-13(17)18/h3-6,9H,7-8H2,1-2H3,(H,17,18). The lowest BCUT2D eigenvalue weighted by Gasteiger charge is -2.08. The van der Waals surface area contributed by atoms with Crippen molar-refractivity contribution in [1.29, 1.82) is 0 Å². The van der Waals surface area contributed by atoms with Crippen molar-refractivity contribution in [2.75, 3.05) is 5.75 Å². The fraction of sp³-hybridized carbons (Fsp3) is 0.357. The third-order valence-electron chi connectivity index (χ3n) is 2.65. The van der Waals surface area contributed by atoms with Crippen LogP contribution in [-0.2, 0) is 11.4 Å². The van der Waals surface area contributed by atoms with Crippen LogP contribution >= 0.6 is 11.8 Å². The Bertz CT molecular complexity index is 613. The minimum Gasteiger partial charge on any atom is -0.484 e. The predicted octanol–water partition coefficient (Wildman–Crippen LogP) is 2.95. The van der Waals surface area contributed by atoms with Crippen LogP contribution in [0.2, 0.25) is 0 Å². The molecule has 0 amide bonds. The van der Waals surface area contributed by atoms with Crippen molar-refractivity contribution in [3.63, 3.8) is 0 Å². The lowest BCUT2D eigenvalue weighted by molar-refractivity contribution is -0.133. The van der Waals surface area contributed by atoms with Crippen molar-refractivity contribution in [1.82, 2.24) is 10.2 Å². The quantitative estimate of drug-likeness (QED) is 0.787. The number of rotatable bonds is 7. The molecular formula is C14H16N2O4S. The van der Waals surface area contributed by atoms with E-state index in [4.69, 9.17) is 14.3 Å². The number of carboxylic acid groups (broad SMARTS) is 1. The molecule has 7 heteroatoms. The van der Waals surface area contributed by atoms with Crippen LogP contribution in [0.5, 0.6) is 5.75 Å². The lowest BCUT2D eigenvalue weighted by atomic mass is 10.0. The first-order valence-corrected chi connectivity index (χ1v) is 7.43. The van der Waals surface area contributed by atoms with Gasteiger partial charge in [-0.3, -0.25) is 4.79 Å². The molecule has 1 aromatic carbocycles. The number of thioether (sulfide) groups is 1. The molecule has 0 saturated carbocycles. The van der Waals surface area contributed by atoms with Crippen LogP contribution in [0.25, 0.3) is 0 Å². The second kappa shape index (κ2) is 7.12. The van der Waals surface area contributed by atoms with Crippen molar-refractivity contribution in [3.05, 3.63) is 35.7 Å². The molecule has 0 aliphatic heterocycles. The molecule has 0 unspecified atom stereocenters. The van der Waals surface area contributed by atoms with Crippen LogP contribution in [-0.4, -0.2) is 27.0 Å². The second-order valence-corrected chi connectivity index (χ2v) is 5.59. The fourth-order valence-corrected chi connectivity index (χ4v) is 2.09. The summed E-state index contributed by atoms with van der Waals surface area (Å²) in [7, 11) is 0. The molecule has 1 aromatic heterocycles. The van der Waals surface area contributed by atoms with Gasteiger partial charge in [0.1, 0.15) is 11.5 Å². The van der Waals surface area contributed by atoms with Gasteiger partial charge in [0.2, 0.25) is 0 Å². The Hall–Kier alpha value is -2.02. The van der Waals surface area contributed by atoms with Crippen LogP contribution in [0.15, 0.2) is 33.9 Å². The monoisotopic (exact) mass is 308 g/mol. The van der Waals surface area contributed by atoms with E-state index >= 15 is 0 Å². The number of hydrogen-bond acceptors (Lipinski definition) is 6. The molecule has 112 valence electrons. The van der Waals surface area contributed by atoms with Gasteiger partial charge in [-0.15, -0.1) is 10.2 Å². The average molecular weight is 308 g/mol. The Kier molecular flexibility index (Phi) is 5.21. The van der Waals surface area contributed by atoms with E-state index in [1.165, 1.54) is 5.56 Å². The highest BCUT2D eigenvalue weighted by Crippen LogP contribution is 2.21. The zero-order chi connectivity index (χ0) is 15.2. The van der Waals surface area contributed by atoms with Crippen LogP contribution in [0.4, 0.5) is 0 Å². The number of carbonyl (C=O) groups is 1. The Morgan fingerprint density at radius 1 is 1.43 bits per heavy atom. The molecule has 6 nitrogen and oxygen atoms in total. The summed E-state index contributed by atoms with van der Waals surface area (Å²) in [5.41, 5.74) is 1.19. The molecule has 0 bridgehead atoms. The minimum atomic E-state index is -0.929. The molecule has 2 aromatic rings. The van der Waals surface area contributed by atoms with Gasteiger partial charge < -0.3 is 14.3 Å². The maximum absolute atomic E-state index is 10.4. The van der Waals surface area contributed by atoms with Crippen molar-refractivity contribution < 1.29 is 19.1 Å². The van der Waals surface area contributed by atoms with E-state index in [0.717, 1.165) is 17.5 Å². The first-order valence-electron chi connectivity index (χ1n) is 6.44. The van der Waals surface area contributed by atoms with E-state index in [9.17, 15) is 4.79 Å². The largest absolute Gasteiger partial charge is 0.484 e. The van der Waals surface area contributed by atoms with Gasteiger partial charge in [-0.25, -0.2) is 0 Å². The van der Waals surface area contributed by atoms with Crippen LogP contribution in [0.3, 0.4) is 0 Å². The van der Waals surface area contributed by atoms with Gasteiger partial charge >= 0.3 is 5.97 Å². The van der Waals surface area contributed by atoms with Crippen molar-refractivity contribution in [2.24, 2.45) is 0 Å². The van der Waals surface area contributed by atoms with E-state index in [2.05, 4.69) is 24.0 Å². The van der Waals surface area contributed by atoms with Gasteiger partial charge in [0.05, 0.1) is 0 Å². The maximum atomic E-state index is 10.4. The molecule has 0 spiro atoms.